The second kappa shape index (κ2) is 6.00. The van der Waals surface area contributed by atoms with Gasteiger partial charge in [-0.1, -0.05) is 24.2 Å². The molecule has 1 aromatic heterocycles. The summed E-state index contributed by atoms with van der Waals surface area (Å²) in [5.74, 6) is 1.72. The van der Waals surface area contributed by atoms with Gasteiger partial charge < -0.3 is 9.42 Å². The van der Waals surface area contributed by atoms with Crippen molar-refractivity contribution in [3.63, 3.8) is 0 Å². The summed E-state index contributed by atoms with van der Waals surface area (Å²) >= 11 is 0. The van der Waals surface area contributed by atoms with E-state index >= 15 is 0 Å². The van der Waals surface area contributed by atoms with Crippen molar-refractivity contribution in [1.29, 1.82) is 0 Å². The summed E-state index contributed by atoms with van der Waals surface area (Å²) in [4.78, 5) is 18.9. The van der Waals surface area contributed by atoms with Crippen LogP contribution in [0.15, 0.2) is 28.8 Å². The first-order valence-electron chi connectivity index (χ1n) is 8.49. The van der Waals surface area contributed by atoms with Gasteiger partial charge in [0.05, 0.1) is 0 Å². The van der Waals surface area contributed by atoms with Crippen LogP contribution in [0.1, 0.15) is 49.5 Å². The van der Waals surface area contributed by atoms with Crippen molar-refractivity contribution in [3.05, 3.63) is 47.4 Å². The van der Waals surface area contributed by atoms with Crippen LogP contribution < -0.4 is 0 Å². The van der Waals surface area contributed by atoms with E-state index in [4.69, 9.17) is 4.52 Å². The third kappa shape index (κ3) is 2.92. The predicted molar refractivity (Wildman–Crippen MR) is 84.5 cm³/mol. The maximum absolute atomic E-state index is 13.0. The minimum absolute atomic E-state index is 0.0974. The Hall–Kier alpha value is -2.24. The van der Waals surface area contributed by atoms with Crippen molar-refractivity contribution >= 4 is 5.91 Å². The number of carbonyl (C=O) groups excluding carboxylic acids is 1. The van der Waals surface area contributed by atoms with Gasteiger partial charge in [0.2, 0.25) is 11.8 Å². The van der Waals surface area contributed by atoms with Crippen molar-refractivity contribution in [2.75, 3.05) is 6.54 Å². The lowest BCUT2D eigenvalue weighted by Crippen LogP contribution is -2.32. The smallest absolute Gasteiger partial charge is 0.249 e. The van der Waals surface area contributed by atoms with Crippen LogP contribution in [-0.2, 0) is 11.2 Å². The first-order valence-corrected chi connectivity index (χ1v) is 8.49. The van der Waals surface area contributed by atoms with Crippen molar-refractivity contribution in [3.8, 4) is 0 Å². The molecule has 2 fully saturated rings. The maximum Gasteiger partial charge on any atom is 0.249 e. The molecular formula is C18H20FN3O2. The van der Waals surface area contributed by atoms with Crippen LogP contribution in [0.3, 0.4) is 0 Å². The Kier molecular flexibility index (Phi) is 3.82. The second-order valence-corrected chi connectivity index (χ2v) is 6.86. The average Bonchev–Trinajstić information content (AvgIpc) is 2.99. The first-order chi connectivity index (χ1) is 11.6. The summed E-state index contributed by atoms with van der Waals surface area (Å²) in [5.41, 5.74) is 0.926. The highest BCUT2D eigenvalue weighted by Crippen LogP contribution is 2.42. The van der Waals surface area contributed by atoms with Crippen molar-refractivity contribution in [2.24, 2.45) is 11.8 Å². The van der Waals surface area contributed by atoms with Gasteiger partial charge in [0.15, 0.2) is 5.82 Å². The molecule has 0 unspecified atom stereocenters. The van der Waals surface area contributed by atoms with Gasteiger partial charge in [-0.25, -0.2) is 4.39 Å². The highest BCUT2D eigenvalue weighted by Gasteiger charge is 2.45. The zero-order valence-corrected chi connectivity index (χ0v) is 13.6. The molecule has 2 aromatic rings. The van der Waals surface area contributed by atoms with E-state index in [1.54, 1.807) is 12.1 Å². The number of aromatic nitrogens is 2. The average molecular weight is 329 g/mol. The molecule has 3 atom stereocenters. The Morgan fingerprint density at radius 3 is 2.83 bits per heavy atom. The largest absolute Gasteiger partial charge is 0.337 e. The molecule has 0 bridgehead atoms. The molecule has 1 aromatic carbocycles. The summed E-state index contributed by atoms with van der Waals surface area (Å²) in [6.45, 7) is 2.88. The summed E-state index contributed by atoms with van der Waals surface area (Å²) in [5, 5.41) is 4.03. The second-order valence-electron chi connectivity index (χ2n) is 6.86. The Morgan fingerprint density at radius 1 is 1.38 bits per heavy atom. The Labute approximate surface area is 139 Å². The van der Waals surface area contributed by atoms with Gasteiger partial charge in [0, 0.05) is 18.9 Å². The monoisotopic (exact) mass is 329 g/mol. The number of hydrogen-bond donors (Lipinski definition) is 0. The Bertz CT molecular complexity index is 743. The van der Waals surface area contributed by atoms with Gasteiger partial charge >= 0.3 is 0 Å². The number of amides is 1. The zero-order valence-electron chi connectivity index (χ0n) is 13.6. The Balaban J connectivity index is 1.47. The third-order valence-corrected chi connectivity index (χ3v) is 5.01. The zero-order chi connectivity index (χ0) is 16.7. The fraction of sp³-hybridized carbons (Fsp3) is 0.500. The molecule has 0 N–H and O–H groups in total. The lowest BCUT2D eigenvalue weighted by molar-refractivity contribution is -0.134. The van der Waals surface area contributed by atoms with Crippen LogP contribution in [0, 0.1) is 17.7 Å². The number of hydrogen-bond acceptors (Lipinski definition) is 4. The van der Waals surface area contributed by atoms with E-state index in [9.17, 15) is 9.18 Å². The molecular weight excluding hydrogens is 309 g/mol. The highest BCUT2D eigenvalue weighted by molar-refractivity contribution is 5.82. The molecule has 0 radical (unpaired) electrons. The topological polar surface area (TPSA) is 59.2 Å². The van der Waals surface area contributed by atoms with Gasteiger partial charge in [0.25, 0.3) is 0 Å². The van der Waals surface area contributed by atoms with E-state index in [1.165, 1.54) is 12.1 Å². The number of benzene rings is 1. The van der Waals surface area contributed by atoms with E-state index in [0.717, 1.165) is 31.4 Å². The van der Waals surface area contributed by atoms with Crippen molar-refractivity contribution in [2.45, 2.75) is 38.6 Å². The summed E-state index contributed by atoms with van der Waals surface area (Å²) in [7, 11) is 0. The standard InChI is InChI=1S/C18H20FN3O2/c1-11-9-14(11)18(23)22-8-2-3-15(22)17-20-16(21-24-17)10-12-4-6-13(19)7-5-12/h4-7,11,14-15H,2-3,8-10H2,1H3/t11-,14+,15-/m1/s1. The molecule has 1 aliphatic heterocycles. The fourth-order valence-corrected chi connectivity index (χ4v) is 3.43. The third-order valence-electron chi connectivity index (χ3n) is 5.01. The minimum atomic E-state index is -0.262. The van der Waals surface area contributed by atoms with Crippen LogP contribution in [0.2, 0.25) is 0 Å². The van der Waals surface area contributed by atoms with Crippen molar-refractivity contribution in [1.82, 2.24) is 15.0 Å². The van der Waals surface area contributed by atoms with Crippen LogP contribution in [0.5, 0.6) is 0 Å². The molecule has 1 amide bonds. The van der Waals surface area contributed by atoms with E-state index in [1.807, 2.05) is 4.90 Å². The molecule has 2 heterocycles. The number of rotatable bonds is 4. The number of carbonyl (C=O) groups is 1. The molecule has 6 heteroatoms. The van der Waals surface area contributed by atoms with Gasteiger partial charge in [-0.3, -0.25) is 4.79 Å². The lowest BCUT2D eigenvalue weighted by Gasteiger charge is -2.21. The van der Waals surface area contributed by atoms with Gasteiger partial charge in [-0.15, -0.1) is 0 Å². The SMILES string of the molecule is C[C@@H]1C[C@@H]1C(=O)N1CCC[C@@H]1c1nc(Cc2ccc(F)cc2)no1. The number of nitrogens with zero attached hydrogens (tertiary/aromatic N) is 3. The first kappa shape index (κ1) is 15.3. The maximum atomic E-state index is 13.0. The highest BCUT2D eigenvalue weighted by atomic mass is 19.1. The molecule has 0 spiro atoms. The molecule has 126 valence electrons. The molecule has 5 nitrogen and oxygen atoms in total. The normalized spacial score (nSPS) is 25.9. The number of likely N-dealkylation sites (tertiary alicyclic amines) is 1. The van der Waals surface area contributed by atoms with E-state index in [-0.39, 0.29) is 23.7 Å². The van der Waals surface area contributed by atoms with E-state index in [0.29, 0.717) is 24.1 Å². The quantitative estimate of drug-likeness (QED) is 0.865. The lowest BCUT2D eigenvalue weighted by atomic mass is 10.1. The molecule has 1 aliphatic carbocycles. The van der Waals surface area contributed by atoms with Gasteiger partial charge in [0.1, 0.15) is 11.9 Å². The molecule has 24 heavy (non-hydrogen) atoms. The summed E-state index contributed by atoms with van der Waals surface area (Å²) in [6, 6.07) is 6.17. The van der Waals surface area contributed by atoms with Gasteiger partial charge in [-0.05, 0) is 42.9 Å². The van der Waals surface area contributed by atoms with Crippen LogP contribution in [0.4, 0.5) is 4.39 Å². The predicted octanol–water partition coefficient (Wildman–Crippen LogP) is 3.12. The summed E-state index contributed by atoms with van der Waals surface area (Å²) in [6.07, 6.45) is 3.31. The van der Waals surface area contributed by atoms with Gasteiger partial charge in [-0.2, -0.15) is 4.98 Å². The molecule has 2 aliphatic rings. The van der Waals surface area contributed by atoms with Crippen LogP contribution in [0.25, 0.3) is 0 Å². The van der Waals surface area contributed by atoms with E-state index < -0.39 is 0 Å². The minimum Gasteiger partial charge on any atom is -0.337 e. The van der Waals surface area contributed by atoms with Crippen LogP contribution in [-0.4, -0.2) is 27.5 Å². The molecule has 1 saturated heterocycles. The fourth-order valence-electron chi connectivity index (χ4n) is 3.43. The van der Waals surface area contributed by atoms with Crippen molar-refractivity contribution < 1.29 is 13.7 Å². The Morgan fingerprint density at radius 2 is 2.12 bits per heavy atom. The molecule has 4 rings (SSSR count). The summed E-state index contributed by atoms with van der Waals surface area (Å²) < 4.78 is 18.4. The van der Waals surface area contributed by atoms with E-state index in [2.05, 4.69) is 17.1 Å². The van der Waals surface area contributed by atoms with Crippen LogP contribution >= 0.6 is 0 Å². The number of halogens is 1. The molecule has 1 saturated carbocycles.